The zero-order valence-corrected chi connectivity index (χ0v) is 14.7. The molecule has 0 unspecified atom stereocenters. The molecule has 3 rings (SSSR count). The van der Waals surface area contributed by atoms with E-state index in [9.17, 15) is 4.79 Å². The maximum absolute atomic E-state index is 12.7. The van der Waals surface area contributed by atoms with Gasteiger partial charge in [-0.1, -0.05) is 36.8 Å². The van der Waals surface area contributed by atoms with E-state index >= 15 is 0 Å². The molecule has 0 aliphatic carbocycles. The lowest BCUT2D eigenvalue weighted by Crippen LogP contribution is -2.44. The smallest absolute Gasteiger partial charge is 0.237 e. The predicted octanol–water partition coefficient (Wildman–Crippen LogP) is 3.53. The topological polar surface area (TPSA) is 32.3 Å². The monoisotopic (exact) mass is 328 g/mol. The predicted molar refractivity (Wildman–Crippen MR) is 95.9 cm³/mol. The third-order valence-corrected chi connectivity index (χ3v) is 5.38. The number of carbonyl (C=O) groups excluding carboxylic acids is 1. The van der Waals surface area contributed by atoms with Gasteiger partial charge in [0.25, 0.3) is 0 Å². The molecule has 0 saturated carbocycles. The lowest BCUT2D eigenvalue weighted by Gasteiger charge is -2.36. The van der Waals surface area contributed by atoms with Crippen molar-refractivity contribution < 1.29 is 4.79 Å². The number of rotatable bonds is 5. The minimum atomic E-state index is 0.0570. The van der Waals surface area contributed by atoms with Crippen LogP contribution >= 0.6 is 11.3 Å². The molecule has 0 bridgehead atoms. The second kappa shape index (κ2) is 7.28. The first kappa shape index (κ1) is 16.2. The maximum atomic E-state index is 12.7. The first-order valence-corrected chi connectivity index (χ1v) is 9.21. The Labute approximate surface area is 142 Å². The van der Waals surface area contributed by atoms with E-state index in [0.29, 0.717) is 6.54 Å². The number of hydrogen-bond acceptors (Lipinski definition) is 3. The first-order valence-electron chi connectivity index (χ1n) is 8.33. The van der Waals surface area contributed by atoms with E-state index in [1.54, 1.807) is 0 Å². The number of fused-ring (bicyclic) bond motifs is 1. The van der Waals surface area contributed by atoms with Crippen LogP contribution in [-0.4, -0.2) is 30.4 Å². The van der Waals surface area contributed by atoms with Crippen molar-refractivity contribution in [3.05, 3.63) is 57.3 Å². The Kier molecular flexibility index (Phi) is 5.13. The van der Waals surface area contributed by atoms with Crippen LogP contribution < -0.4 is 5.32 Å². The number of nitrogens with zero attached hydrogens (tertiary/aromatic N) is 1. The molecule has 0 saturated heterocycles. The van der Waals surface area contributed by atoms with Gasteiger partial charge in [0, 0.05) is 11.4 Å². The van der Waals surface area contributed by atoms with E-state index in [2.05, 4.69) is 54.9 Å². The molecule has 1 aliphatic rings. The summed E-state index contributed by atoms with van der Waals surface area (Å²) in [5.74, 6) is 0.195. The van der Waals surface area contributed by atoms with Crippen molar-refractivity contribution in [1.82, 2.24) is 10.2 Å². The molecule has 4 heteroatoms. The summed E-state index contributed by atoms with van der Waals surface area (Å²) in [5.41, 5.74) is 3.75. The summed E-state index contributed by atoms with van der Waals surface area (Å²) in [6.45, 7) is 6.33. The number of benzene rings is 1. The van der Waals surface area contributed by atoms with Gasteiger partial charge in [0.15, 0.2) is 0 Å². The number of carbonyl (C=O) groups is 1. The van der Waals surface area contributed by atoms with Crippen LogP contribution in [0.3, 0.4) is 0 Å². The van der Waals surface area contributed by atoms with Gasteiger partial charge in [-0.25, -0.2) is 0 Å². The largest absolute Gasteiger partial charge is 0.330 e. The molecule has 2 heterocycles. The molecule has 0 fully saturated rings. The second-order valence-corrected chi connectivity index (χ2v) is 7.13. The van der Waals surface area contributed by atoms with Crippen LogP contribution in [0.25, 0.3) is 0 Å². The van der Waals surface area contributed by atoms with Gasteiger partial charge < -0.3 is 10.2 Å². The molecule has 1 aliphatic heterocycles. The molecule has 0 spiro atoms. The third kappa shape index (κ3) is 3.48. The minimum absolute atomic E-state index is 0.0570. The fourth-order valence-corrected chi connectivity index (χ4v) is 4.07. The Morgan fingerprint density at radius 1 is 1.30 bits per heavy atom. The number of amides is 1. The maximum Gasteiger partial charge on any atom is 0.237 e. The number of hydrogen-bond donors (Lipinski definition) is 1. The van der Waals surface area contributed by atoms with Gasteiger partial charge in [0.2, 0.25) is 5.91 Å². The highest BCUT2D eigenvalue weighted by Gasteiger charge is 2.32. The van der Waals surface area contributed by atoms with E-state index in [0.717, 1.165) is 25.9 Å². The number of aryl methyl sites for hydroxylation is 1. The molecule has 1 atom stereocenters. The van der Waals surface area contributed by atoms with Crippen LogP contribution in [0.2, 0.25) is 0 Å². The van der Waals surface area contributed by atoms with Crippen molar-refractivity contribution in [3.8, 4) is 0 Å². The molecular weight excluding hydrogens is 304 g/mol. The molecule has 1 aromatic carbocycles. The Hall–Kier alpha value is -1.65. The molecule has 1 N–H and O–H groups in total. The number of nitrogens with one attached hydrogen (secondary N) is 1. The molecular formula is C19H24N2OS. The summed E-state index contributed by atoms with van der Waals surface area (Å²) >= 11 is 1.81. The van der Waals surface area contributed by atoms with Crippen molar-refractivity contribution in [3.63, 3.8) is 0 Å². The highest BCUT2D eigenvalue weighted by molar-refractivity contribution is 7.10. The Balaban J connectivity index is 1.89. The summed E-state index contributed by atoms with van der Waals surface area (Å²) in [5, 5.41) is 5.39. The average Bonchev–Trinajstić information content (AvgIpc) is 3.03. The highest BCUT2D eigenvalue weighted by Crippen LogP contribution is 2.37. The zero-order chi connectivity index (χ0) is 16.2. The highest BCUT2D eigenvalue weighted by atomic mass is 32.1. The SMILES string of the molecule is CCCNCC(=O)N1CCc2sccc2[C@H]1c1ccc(C)cc1. The van der Waals surface area contributed by atoms with Crippen LogP contribution in [-0.2, 0) is 11.2 Å². The van der Waals surface area contributed by atoms with E-state index in [1.165, 1.54) is 21.6 Å². The molecule has 0 radical (unpaired) electrons. The summed E-state index contributed by atoms with van der Waals surface area (Å²) in [7, 11) is 0. The van der Waals surface area contributed by atoms with E-state index in [1.807, 2.05) is 16.2 Å². The third-order valence-electron chi connectivity index (χ3n) is 4.38. The average molecular weight is 328 g/mol. The van der Waals surface area contributed by atoms with Gasteiger partial charge in [0.05, 0.1) is 12.6 Å². The van der Waals surface area contributed by atoms with Gasteiger partial charge in [-0.05, 0) is 48.9 Å². The molecule has 3 nitrogen and oxygen atoms in total. The van der Waals surface area contributed by atoms with E-state index in [4.69, 9.17) is 0 Å². The summed E-state index contributed by atoms with van der Waals surface area (Å²) in [6, 6.07) is 10.8. The lowest BCUT2D eigenvalue weighted by atomic mass is 9.92. The molecule has 23 heavy (non-hydrogen) atoms. The molecule has 122 valence electrons. The van der Waals surface area contributed by atoms with E-state index < -0.39 is 0 Å². The molecule has 2 aromatic rings. The minimum Gasteiger partial charge on any atom is -0.330 e. The van der Waals surface area contributed by atoms with Crippen molar-refractivity contribution in [2.24, 2.45) is 0 Å². The van der Waals surface area contributed by atoms with Gasteiger partial charge in [-0.2, -0.15) is 0 Å². The second-order valence-electron chi connectivity index (χ2n) is 6.13. The Morgan fingerprint density at radius 3 is 2.83 bits per heavy atom. The van der Waals surface area contributed by atoms with Crippen LogP contribution in [0.15, 0.2) is 35.7 Å². The van der Waals surface area contributed by atoms with Crippen LogP contribution in [0.1, 0.15) is 41.0 Å². The van der Waals surface area contributed by atoms with Gasteiger partial charge in [-0.3, -0.25) is 4.79 Å². The fourth-order valence-electron chi connectivity index (χ4n) is 3.17. The summed E-state index contributed by atoms with van der Waals surface area (Å²) in [4.78, 5) is 16.2. The van der Waals surface area contributed by atoms with Crippen LogP contribution in [0.5, 0.6) is 0 Å². The lowest BCUT2D eigenvalue weighted by molar-refractivity contribution is -0.132. The normalized spacial score (nSPS) is 17.1. The fraction of sp³-hybridized carbons (Fsp3) is 0.421. The number of thiophene rings is 1. The van der Waals surface area contributed by atoms with Crippen molar-refractivity contribution >= 4 is 17.2 Å². The van der Waals surface area contributed by atoms with Crippen molar-refractivity contribution in [2.45, 2.75) is 32.7 Å². The van der Waals surface area contributed by atoms with Gasteiger partial charge >= 0.3 is 0 Å². The summed E-state index contributed by atoms with van der Waals surface area (Å²) in [6.07, 6.45) is 2.01. The zero-order valence-electron chi connectivity index (χ0n) is 13.8. The molecule has 1 amide bonds. The van der Waals surface area contributed by atoms with E-state index in [-0.39, 0.29) is 11.9 Å². The summed E-state index contributed by atoms with van der Waals surface area (Å²) < 4.78 is 0. The van der Waals surface area contributed by atoms with Gasteiger partial charge in [-0.15, -0.1) is 11.3 Å². The Morgan fingerprint density at radius 2 is 2.09 bits per heavy atom. The first-order chi connectivity index (χ1) is 11.2. The quantitative estimate of drug-likeness (QED) is 0.852. The Bertz CT molecular complexity index is 662. The van der Waals surface area contributed by atoms with Crippen molar-refractivity contribution in [2.75, 3.05) is 19.6 Å². The molecule has 1 aromatic heterocycles. The van der Waals surface area contributed by atoms with Crippen molar-refractivity contribution in [1.29, 1.82) is 0 Å². The standard InChI is InChI=1S/C19H24N2OS/c1-3-10-20-13-18(22)21-11-8-17-16(9-12-23-17)19(21)15-6-4-14(2)5-7-15/h4-7,9,12,19-20H,3,8,10-11,13H2,1-2H3/t19-/m1/s1. The van der Waals surface area contributed by atoms with Gasteiger partial charge in [0.1, 0.15) is 0 Å². The van der Waals surface area contributed by atoms with Crippen LogP contribution in [0.4, 0.5) is 0 Å². The van der Waals surface area contributed by atoms with Crippen LogP contribution in [0, 0.1) is 6.92 Å².